The Balaban J connectivity index is 1.61. The molecule has 1 fully saturated rings. The smallest absolute Gasteiger partial charge is 0.262 e. The average molecular weight is 368 g/mol. The van der Waals surface area contributed by atoms with Crippen LogP contribution in [0.3, 0.4) is 0 Å². The molecule has 2 heterocycles. The van der Waals surface area contributed by atoms with Gasteiger partial charge < -0.3 is 15.0 Å². The lowest BCUT2D eigenvalue weighted by Crippen LogP contribution is -2.26. The molecular weight excluding hydrogens is 340 g/mol. The van der Waals surface area contributed by atoms with Crippen LogP contribution in [-0.2, 0) is 4.79 Å². The third-order valence-electron chi connectivity index (χ3n) is 4.85. The van der Waals surface area contributed by atoms with Crippen molar-refractivity contribution < 1.29 is 9.53 Å². The van der Waals surface area contributed by atoms with Crippen molar-refractivity contribution in [3.63, 3.8) is 0 Å². The molecule has 6 nitrogen and oxygen atoms in total. The van der Waals surface area contributed by atoms with E-state index in [9.17, 15) is 4.79 Å². The number of amides is 1. The standard InChI is InChI=1S/C21H28N4O2/c1-15-8-9-18(12-16(15)2)23-19(26)14-27-20-13-17(3)22-21(24-20)25-10-6-4-5-7-11-25/h8-9,12-13H,4-7,10-11,14H2,1-3H3,(H,23,26). The molecule has 1 saturated heterocycles. The van der Waals surface area contributed by atoms with E-state index in [0.717, 1.165) is 42.9 Å². The first-order valence-corrected chi connectivity index (χ1v) is 9.62. The molecule has 27 heavy (non-hydrogen) atoms. The van der Waals surface area contributed by atoms with E-state index in [0.29, 0.717) is 11.8 Å². The first-order chi connectivity index (χ1) is 13.0. The summed E-state index contributed by atoms with van der Waals surface area (Å²) in [6.45, 7) is 7.85. The molecule has 0 unspecified atom stereocenters. The van der Waals surface area contributed by atoms with Crippen LogP contribution in [0, 0.1) is 20.8 Å². The minimum absolute atomic E-state index is 0.0805. The second kappa shape index (κ2) is 8.84. The highest BCUT2D eigenvalue weighted by Crippen LogP contribution is 2.19. The van der Waals surface area contributed by atoms with Gasteiger partial charge in [0.2, 0.25) is 11.8 Å². The van der Waals surface area contributed by atoms with Gasteiger partial charge in [-0.25, -0.2) is 4.98 Å². The Labute approximate surface area is 161 Å². The van der Waals surface area contributed by atoms with Crippen LogP contribution in [0.25, 0.3) is 0 Å². The van der Waals surface area contributed by atoms with E-state index in [1.165, 1.54) is 18.4 Å². The van der Waals surface area contributed by atoms with E-state index in [2.05, 4.69) is 20.2 Å². The van der Waals surface area contributed by atoms with Gasteiger partial charge in [0.1, 0.15) is 0 Å². The molecule has 1 aliphatic rings. The van der Waals surface area contributed by atoms with Crippen LogP contribution in [0.1, 0.15) is 42.5 Å². The topological polar surface area (TPSA) is 67.3 Å². The van der Waals surface area contributed by atoms with Crippen molar-refractivity contribution in [3.8, 4) is 5.88 Å². The molecule has 1 N–H and O–H groups in total. The first-order valence-electron chi connectivity index (χ1n) is 9.62. The summed E-state index contributed by atoms with van der Waals surface area (Å²) in [6.07, 6.45) is 4.83. The molecule has 3 rings (SSSR count). The number of benzene rings is 1. The van der Waals surface area contributed by atoms with Gasteiger partial charge in [-0.3, -0.25) is 4.79 Å². The van der Waals surface area contributed by atoms with Gasteiger partial charge in [0.15, 0.2) is 6.61 Å². The predicted octanol–water partition coefficient (Wildman–Crippen LogP) is 3.80. The van der Waals surface area contributed by atoms with Gasteiger partial charge in [0, 0.05) is 30.5 Å². The zero-order valence-electron chi connectivity index (χ0n) is 16.4. The van der Waals surface area contributed by atoms with Crippen LogP contribution in [0.5, 0.6) is 5.88 Å². The van der Waals surface area contributed by atoms with Crippen molar-refractivity contribution in [1.29, 1.82) is 0 Å². The maximum Gasteiger partial charge on any atom is 0.262 e. The van der Waals surface area contributed by atoms with Gasteiger partial charge in [0.05, 0.1) is 0 Å². The Morgan fingerprint density at radius 3 is 2.48 bits per heavy atom. The highest BCUT2D eigenvalue weighted by molar-refractivity contribution is 5.92. The SMILES string of the molecule is Cc1cc(OCC(=O)Nc2ccc(C)c(C)c2)nc(N2CCCCCC2)n1. The van der Waals surface area contributed by atoms with Gasteiger partial charge in [-0.05, 0) is 56.9 Å². The molecule has 1 amide bonds. The van der Waals surface area contributed by atoms with Crippen LogP contribution in [0.15, 0.2) is 24.3 Å². The number of aromatic nitrogens is 2. The molecule has 0 spiro atoms. The fraction of sp³-hybridized carbons (Fsp3) is 0.476. The number of nitrogens with one attached hydrogen (secondary N) is 1. The molecule has 2 aromatic rings. The Morgan fingerprint density at radius 2 is 1.78 bits per heavy atom. The predicted molar refractivity (Wildman–Crippen MR) is 107 cm³/mol. The normalized spacial score (nSPS) is 14.6. The van der Waals surface area contributed by atoms with E-state index in [-0.39, 0.29) is 12.5 Å². The lowest BCUT2D eigenvalue weighted by Gasteiger charge is -2.21. The highest BCUT2D eigenvalue weighted by atomic mass is 16.5. The number of anilines is 2. The fourth-order valence-electron chi connectivity index (χ4n) is 3.17. The number of rotatable bonds is 5. The first kappa shape index (κ1) is 19.1. The zero-order valence-corrected chi connectivity index (χ0v) is 16.4. The lowest BCUT2D eigenvalue weighted by molar-refractivity contribution is -0.118. The molecule has 0 bridgehead atoms. The summed E-state index contributed by atoms with van der Waals surface area (Å²) in [5, 5.41) is 2.86. The molecule has 1 aromatic carbocycles. The quantitative estimate of drug-likeness (QED) is 0.869. The van der Waals surface area contributed by atoms with E-state index in [1.54, 1.807) is 6.07 Å². The van der Waals surface area contributed by atoms with Gasteiger partial charge in [0.25, 0.3) is 5.91 Å². The van der Waals surface area contributed by atoms with Crippen molar-refractivity contribution >= 4 is 17.5 Å². The zero-order chi connectivity index (χ0) is 19.2. The molecule has 0 aliphatic carbocycles. The number of carbonyl (C=O) groups is 1. The summed E-state index contributed by atoms with van der Waals surface area (Å²) in [7, 11) is 0. The minimum Gasteiger partial charge on any atom is -0.467 e. The molecular formula is C21H28N4O2. The van der Waals surface area contributed by atoms with Crippen LogP contribution in [-0.4, -0.2) is 35.6 Å². The van der Waals surface area contributed by atoms with E-state index >= 15 is 0 Å². The van der Waals surface area contributed by atoms with Crippen LogP contribution in [0.2, 0.25) is 0 Å². The van der Waals surface area contributed by atoms with Crippen molar-refractivity contribution in [3.05, 3.63) is 41.1 Å². The van der Waals surface area contributed by atoms with Crippen LogP contribution >= 0.6 is 0 Å². The minimum atomic E-state index is -0.203. The molecule has 1 aliphatic heterocycles. The molecule has 0 saturated carbocycles. The van der Waals surface area contributed by atoms with E-state index < -0.39 is 0 Å². The van der Waals surface area contributed by atoms with E-state index in [4.69, 9.17) is 4.74 Å². The van der Waals surface area contributed by atoms with Crippen LogP contribution < -0.4 is 15.0 Å². The summed E-state index contributed by atoms with van der Waals surface area (Å²) < 4.78 is 5.65. The largest absolute Gasteiger partial charge is 0.467 e. The number of aryl methyl sites for hydroxylation is 3. The second-order valence-electron chi connectivity index (χ2n) is 7.18. The monoisotopic (exact) mass is 368 g/mol. The van der Waals surface area contributed by atoms with Gasteiger partial charge >= 0.3 is 0 Å². The number of hydrogen-bond donors (Lipinski definition) is 1. The summed E-state index contributed by atoms with van der Waals surface area (Å²) in [5.74, 6) is 0.935. The van der Waals surface area contributed by atoms with Crippen molar-refractivity contribution in [2.75, 3.05) is 29.9 Å². The van der Waals surface area contributed by atoms with Crippen molar-refractivity contribution in [2.45, 2.75) is 46.5 Å². The Bertz CT molecular complexity index is 799. The summed E-state index contributed by atoms with van der Waals surface area (Å²) in [4.78, 5) is 23.5. The fourth-order valence-corrected chi connectivity index (χ4v) is 3.17. The Kier molecular flexibility index (Phi) is 6.27. The molecule has 0 radical (unpaired) electrons. The Morgan fingerprint density at radius 1 is 1.04 bits per heavy atom. The maximum atomic E-state index is 12.2. The number of hydrogen-bond acceptors (Lipinski definition) is 5. The van der Waals surface area contributed by atoms with Crippen molar-refractivity contribution in [2.24, 2.45) is 0 Å². The van der Waals surface area contributed by atoms with Gasteiger partial charge in [-0.2, -0.15) is 4.98 Å². The summed E-state index contributed by atoms with van der Waals surface area (Å²) in [6, 6.07) is 7.61. The Hall–Kier alpha value is -2.63. The summed E-state index contributed by atoms with van der Waals surface area (Å²) in [5.41, 5.74) is 3.95. The molecule has 6 heteroatoms. The number of nitrogens with zero attached hydrogens (tertiary/aromatic N) is 3. The third-order valence-corrected chi connectivity index (χ3v) is 4.85. The maximum absolute atomic E-state index is 12.2. The number of carbonyl (C=O) groups excluding carboxylic acids is 1. The van der Waals surface area contributed by atoms with Gasteiger partial charge in [-0.15, -0.1) is 0 Å². The molecule has 144 valence electrons. The van der Waals surface area contributed by atoms with E-state index in [1.807, 2.05) is 39.0 Å². The highest BCUT2D eigenvalue weighted by Gasteiger charge is 2.15. The second-order valence-corrected chi connectivity index (χ2v) is 7.18. The number of ether oxygens (including phenoxy) is 1. The molecule has 1 aromatic heterocycles. The van der Waals surface area contributed by atoms with Crippen molar-refractivity contribution in [1.82, 2.24) is 9.97 Å². The van der Waals surface area contributed by atoms with Crippen LogP contribution in [0.4, 0.5) is 11.6 Å². The van der Waals surface area contributed by atoms with Gasteiger partial charge in [-0.1, -0.05) is 18.9 Å². The molecule has 0 atom stereocenters. The third kappa shape index (κ3) is 5.42. The summed E-state index contributed by atoms with van der Waals surface area (Å²) >= 11 is 0. The average Bonchev–Trinajstić information content (AvgIpc) is 2.92. The lowest BCUT2D eigenvalue weighted by atomic mass is 10.1.